The molecule has 0 amide bonds. The van der Waals surface area contributed by atoms with Gasteiger partial charge >= 0.3 is 17.9 Å². The van der Waals surface area contributed by atoms with Crippen LogP contribution in [0, 0.1) is 11.8 Å². The zero-order chi connectivity index (χ0) is 47.5. The minimum Gasteiger partial charge on any atom is -0.462 e. The normalized spacial score (nSPS) is 12.9. The van der Waals surface area contributed by atoms with Gasteiger partial charge in [0.25, 0.3) is 0 Å². The van der Waals surface area contributed by atoms with E-state index >= 15 is 0 Å². The minimum atomic E-state index is -0.763. The summed E-state index contributed by atoms with van der Waals surface area (Å²) in [7, 11) is 0. The molecular formula is C59H114O6. The van der Waals surface area contributed by atoms with Crippen molar-refractivity contribution in [3.63, 3.8) is 0 Å². The summed E-state index contributed by atoms with van der Waals surface area (Å²) in [5.74, 6) is 0.925. The third-order valence-electron chi connectivity index (χ3n) is 14.2. The van der Waals surface area contributed by atoms with Crippen LogP contribution in [0.2, 0.25) is 0 Å². The van der Waals surface area contributed by atoms with Crippen LogP contribution < -0.4 is 0 Å². The third kappa shape index (κ3) is 50.1. The van der Waals surface area contributed by atoms with Crippen LogP contribution in [-0.2, 0) is 28.6 Å². The van der Waals surface area contributed by atoms with E-state index in [2.05, 4.69) is 34.6 Å². The first-order chi connectivity index (χ1) is 31.8. The second kappa shape index (κ2) is 51.8. The summed E-state index contributed by atoms with van der Waals surface area (Å²) in [6.45, 7) is 11.5. The Bertz CT molecular complexity index is 997. The molecule has 65 heavy (non-hydrogen) atoms. The van der Waals surface area contributed by atoms with Crippen LogP contribution in [-0.4, -0.2) is 37.2 Å². The Labute approximate surface area is 406 Å². The molecular weight excluding hydrogens is 805 g/mol. The molecule has 0 heterocycles. The lowest BCUT2D eigenvalue weighted by molar-refractivity contribution is -0.167. The molecule has 0 N–H and O–H groups in total. The summed E-state index contributed by atoms with van der Waals surface area (Å²) in [5.41, 5.74) is 0. The Morgan fingerprint density at radius 1 is 0.308 bits per heavy atom. The van der Waals surface area contributed by atoms with Gasteiger partial charge in [0.1, 0.15) is 13.2 Å². The predicted octanol–water partition coefficient (Wildman–Crippen LogP) is 19.3. The van der Waals surface area contributed by atoms with E-state index in [1.54, 1.807) is 0 Å². The number of esters is 3. The largest absolute Gasteiger partial charge is 0.462 e. The molecule has 0 aliphatic carbocycles. The van der Waals surface area contributed by atoms with Crippen molar-refractivity contribution in [1.82, 2.24) is 0 Å². The second-order valence-corrected chi connectivity index (χ2v) is 20.8. The standard InChI is InChI=1S/C59H114O6/c1-6-9-10-11-12-13-14-15-16-20-23-29-34-39-44-49-57(60)63-52-56(53-64-58(61)50-45-40-35-30-26-25-28-33-38-43-48-55(5)8-3)65-59(62)51-46-41-36-31-24-21-18-17-19-22-27-32-37-42-47-54(4)7-2/h54-56H,6-53H2,1-5H3/t54?,55?,56-/m0/s1. The van der Waals surface area contributed by atoms with Crippen LogP contribution in [0.4, 0.5) is 0 Å². The molecule has 386 valence electrons. The van der Waals surface area contributed by atoms with Gasteiger partial charge in [-0.3, -0.25) is 14.4 Å². The van der Waals surface area contributed by atoms with Gasteiger partial charge in [0.15, 0.2) is 6.10 Å². The first-order valence-electron chi connectivity index (χ1n) is 29.3. The summed E-state index contributed by atoms with van der Waals surface area (Å²) in [6, 6.07) is 0. The highest BCUT2D eigenvalue weighted by Crippen LogP contribution is 2.19. The third-order valence-corrected chi connectivity index (χ3v) is 14.2. The van der Waals surface area contributed by atoms with E-state index in [1.807, 2.05) is 0 Å². The van der Waals surface area contributed by atoms with E-state index in [9.17, 15) is 14.4 Å². The lowest BCUT2D eigenvalue weighted by atomic mass is 9.99. The van der Waals surface area contributed by atoms with Crippen molar-refractivity contribution < 1.29 is 28.6 Å². The Morgan fingerprint density at radius 2 is 0.538 bits per heavy atom. The first-order valence-corrected chi connectivity index (χ1v) is 29.3. The van der Waals surface area contributed by atoms with Gasteiger partial charge in [-0.2, -0.15) is 0 Å². The Morgan fingerprint density at radius 3 is 0.800 bits per heavy atom. The number of hydrogen-bond acceptors (Lipinski definition) is 6. The van der Waals surface area contributed by atoms with E-state index in [-0.39, 0.29) is 31.1 Å². The van der Waals surface area contributed by atoms with Gasteiger partial charge in [-0.25, -0.2) is 0 Å². The van der Waals surface area contributed by atoms with Crippen molar-refractivity contribution in [2.45, 2.75) is 336 Å². The lowest BCUT2D eigenvalue weighted by Crippen LogP contribution is -2.30. The Balaban J connectivity index is 4.31. The summed E-state index contributed by atoms with van der Waals surface area (Å²) >= 11 is 0. The van der Waals surface area contributed by atoms with Gasteiger partial charge in [-0.15, -0.1) is 0 Å². The molecule has 0 rings (SSSR count). The Hall–Kier alpha value is -1.59. The van der Waals surface area contributed by atoms with E-state index in [0.29, 0.717) is 19.3 Å². The number of hydrogen-bond donors (Lipinski definition) is 0. The van der Waals surface area contributed by atoms with Crippen molar-refractivity contribution >= 4 is 17.9 Å². The highest BCUT2D eigenvalue weighted by atomic mass is 16.6. The quantitative estimate of drug-likeness (QED) is 0.0344. The van der Waals surface area contributed by atoms with Crippen LogP contribution in [0.25, 0.3) is 0 Å². The van der Waals surface area contributed by atoms with Crippen LogP contribution >= 0.6 is 0 Å². The maximum atomic E-state index is 12.9. The highest BCUT2D eigenvalue weighted by Gasteiger charge is 2.19. The molecule has 0 aromatic carbocycles. The van der Waals surface area contributed by atoms with Crippen LogP contribution in [0.3, 0.4) is 0 Å². The van der Waals surface area contributed by atoms with Crippen LogP contribution in [0.5, 0.6) is 0 Å². The molecule has 0 aromatic heterocycles. The summed E-state index contributed by atoms with van der Waals surface area (Å²) < 4.78 is 16.9. The first kappa shape index (κ1) is 63.4. The lowest BCUT2D eigenvalue weighted by Gasteiger charge is -2.18. The van der Waals surface area contributed by atoms with E-state index < -0.39 is 6.10 Å². The zero-order valence-electron chi connectivity index (χ0n) is 44.6. The number of carbonyl (C=O) groups excluding carboxylic acids is 3. The number of ether oxygens (including phenoxy) is 3. The molecule has 0 bridgehead atoms. The minimum absolute atomic E-state index is 0.0627. The fourth-order valence-electron chi connectivity index (χ4n) is 8.99. The average Bonchev–Trinajstić information content (AvgIpc) is 3.30. The van der Waals surface area contributed by atoms with E-state index in [0.717, 1.165) is 69.6 Å². The van der Waals surface area contributed by atoms with Gasteiger partial charge < -0.3 is 14.2 Å². The topological polar surface area (TPSA) is 78.9 Å². The van der Waals surface area contributed by atoms with Crippen LogP contribution in [0.15, 0.2) is 0 Å². The van der Waals surface area contributed by atoms with Gasteiger partial charge in [-0.1, -0.05) is 291 Å². The number of carbonyl (C=O) groups is 3. The van der Waals surface area contributed by atoms with E-state index in [4.69, 9.17) is 14.2 Å². The SMILES string of the molecule is CCCCCCCCCCCCCCCCCC(=O)OC[C@@H](COC(=O)CCCCCCCCCCCCC(C)CC)OC(=O)CCCCCCCCCCCCCCCCC(C)CC. The van der Waals surface area contributed by atoms with E-state index in [1.165, 1.54) is 218 Å². The fourth-order valence-corrected chi connectivity index (χ4v) is 8.99. The summed E-state index contributed by atoms with van der Waals surface area (Å²) in [5, 5.41) is 0. The maximum absolute atomic E-state index is 12.9. The van der Waals surface area contributed by atoms with Gasteiger partial charge in [0.05, 0.1) is 0 Å². The van der Waals surface area contributed by atoms with Gasteiger partial charge in [-0.05, 0) is 31.1 Å². The van der Waals surface area contributed by atoms with Crippen molar-refractivity contribution in [2.24, 2.45) is 11.8 Å². The van der Waals surface area contributed by atoms with Crippen molar-refractivity contribution in [3.05, 3.63) is 0 Å². The molecule has 6 nitrogen and oxygen atoms in total. The van der Waals surface area contributed by atoms with Gasteiger partial charge in [0.2, 0.25) is 0 Å². The zero-order valence-corrected chi connectivity index (χ0v) is 44.6. The molecule has 0 spiro atoms. The van der Waals surface area contributed by atoms with Gasteiger partial charge in [0, 0.05) is 19.3 Å². The smallest absolute Gasteiger partial charge is 0.306 e. The van der Waals surface area contributed by atoms with Crippen LogP contribution in [0.1, 0.15) is 330 Å². The Kier molecular flexibility index (Phi) is 50.5. The number of unbranched alkanes of at least 4 members (excludes halogenated alkanes) is 36. The molecule has 0 fully saturated rings. The molecule has 2 unspecified atom stereocenters. The fraction of sp³-hybridized carbons (Fsp3) is 0.949. The van der Waals surface area contributed by atoms with Crippen molar-refractivity contribution in [2.75, 3.05) is 13.2 Å². The van der Waals surface area contributed by atoms with Crippen molar-refractivity contribution in [1.29, 1.82) is 0 Å². The summed E-state index contributed by atoms with van der Waals surface area (Å²) in [6.07, 6.45) is 55.0. The molecule has 0 aromatic rings. The molecule has 0 saturated carbocycles. The molecule has 6 heteroatoms. The monoisotopic (exact) mass is 919 g/mol. The average molecular weight is 920 g/mol. The predicted molar refractivity (Wildman–Crippen MR) is 280 cm³/mol. The molecule has 0 aliphatic heterocycles. The maximum Gasteiger partial charge on any atom is 0.306 e. The summed E-state index contributed by atoms with van der Waals surface area (Å²) in [4.78, 5) is 38.2. The molecule has 0 saturated heterocycles. The second-order valence-electron chi connectivity index (χ2n) is 20.8. The molecule has 0 aliphatic rings. The highest BCUT2D eigenvalue weighted by molar-refractivity contribution is 5.71. The van der Waals surface area contributed by atoms with Crippen molar-refractivity contribution in [3.8, 4) is 0 Å². The molecule has 0 radical (unpaired) electrons. The molecule has 3 atom stereocenters. The number of rotatable bonds is 53.